The predicted molar refractivity (Wildman–Crippen MR) is 112 cm³/mol. The van der Waals surface area contributed by atoms with Gasteiger partial charge in [0, 0.05) is 37.4 Å². The molecule has 10 heteroatoms. The summed E-state index contributed by atoms with van der Waals surface area (Å²) in [6, 6.07) is 1.49. The summed E-state index contributed by atoms with van der Waals surface area (Å²) in [6.45, 7) is 2.53. The van der Waals surface area contributed by atoms with Crippen molar-refractivity contribution in [1.82, 2.24) is 10.6 Å². The lowest BCUT2D eigenvalue weighted by Crippen LogP contribution is -2.55. The maximum absolute atomic E-state index is 13.4. The predicted octanol–water partition coefficient (Wildman–Crippen LogP) is 1.52. The zero-order valence-electron chi connectivity index (χ0n) is 17.8. The van der Waals surface area contributed by atoms with Crippen LogP contribution < -0.4 is 24.8 Å². The molecule has 0 radical (unpaired) electrons. The molecular weight excluding hydrogens is 428 g/mol. The van der Waals surface area contributed by atoms with Crippen molar-refractivity contribution in [2.45, 2.75) is 18.9 Å². The molecule has 3 rings (SSSR count). The molecule has 0 saturated carbocycles. The lowest BCUT2D eigenvalue weighted by molar-refractivity contribution is -0.129. The molecule has 1 amide bonds. The second kappa shape index (κ2) is 9.15. The zero-order valence-corrected chi connectivity index (χ0v) is 18.6. The molecule has 1 aromatic carbocycles. The van der Waals surface area contributed by atoms with Crippen molar-refractivity contribution in [3.05, 3.63) is 28.4 Å². The van der Waals surface area contributed by atoms with E-state index in [2.05, 4.69) is 10.6 Å². The van der Waals surface area contributed by atoms with Gasteiger partial charge < -0.3 is 29.6 Å². The Hall–Kier alpha value is -2.78. The number of benzene rings is 1. The van der Waals surface area contributed by atoms with Gasteiger partial charge in [0.05, 0.1) is 27.4 Å². The zero-order chi connectivity index (χ0) is 22.8. The molecule has 0 saturated heterocycles. The average molecular weight is 453 g/mol. The minimum atomic E-state index is -1.74. The monoisotopic (exact) mass is 452 g/mol. The van der Waals surface area contributed by atoms with E-state index >= 15 is 0 Å². The van der Waals surface area contributed by atoms with E-state index in [1.807, 2.05) is 0 Å². The van der Waals surface area contributed by atoms with Crippen LogP contribution in [0.15, 0.2) is 17.8 Å². The number of amides is 1. The van der Waals surface area contributed by atoms with E-state index in [-0.39, 0.29) is 40.3 Å². The van der Waals surface area contributed by atoms with Crippen LogP contribution in [-0.2, 0) is 14.3 Å². The number of fused-ring (bicyclic) bond motifs is 1. The fourth-order valence-electron chi connectivity index (χ4n) is 3.80. The highest BCUT2D eigenvalue weighted by molar-refractivity contribution is 6.36. The minimum Gasteiger partial charge on any atom is -0.496 e. The topological polar surface area (TPSA) is 112 Å². The van der Waals surface area contributed by atoms with Crippen molar-refractivity contribution in [3.63, 3.8) is 0 Å². The number of carbonyl (C=O) groups excluding carboxylic acids is 3. The maximum atomic E-state index is 13.4. The number of Topliss-reactive ketones (excluding diaryl/α,β-unsaturated/α-hetero) is 1. The maximum Gasteiger partial charge on any atom is 0.239 e. The number of allylic oxidation sites excluding steroid dienone is 1. The number of hydrogen-bond donors (Lipinski definition) is 2. The van der Waals surface area contributed by atoms with Gasteiger partial charge in [-0.15, -0.1) is 0 Å². The van der Waals surface area contributed by atoms with Gasteiger partial charge >= 0.3 is 0 Å². The van der Waals surface area contributed by atoms with Gasteiger partial charge in [0.15, 0.2) is 5.75 Å². The van der Waals surface area contributed by atoms with Crippen molar-refractivity contribution < 1.29 is 33.3 Å². The second-order valence-electron chi connectivity index (χ2n) is 7.30. The van der Waals surface area contributed by atoms with E-state index in [1.165, 1.54) is 26.4 Å². The van der Waals surface area contributed by atoms with Gasteiger partial charge in [-0.1, -0.05) is 18.5 Å². The van der Waals surface area contributed by atoms with Crippen LogP contribution in [0, 0.1) is 5.92 Å². The van der Waals surface area contributed by atoms with E-state index in [1.54, 1.807) is 14.0 Å². The number of halogens is 1. The van der Waals surface area contributed by atoms with Gasteiger partial charge in [0.1, 0.15) is 22.1 Å². The Bertz CT molecular complexity index is 946. The Morgan fingerprint density at radius 3 is 2.58 bits per heavy atom. The second-order valence-corrected chi connectivity index (χ2v) is 7.68. The van der Waals surface area contributed by atoms with Gasteiger partial charge in [0.25, 0.3) is 0 Å². The van der Waals surface area contributed by atoms with Crippen molar-refractivity contribution in [1.29, 1.82) is 0 Å². The van der Waals surface area contributed by atoms with Crippen molar-refractivity contribution >= 4 is 29.1 Å². The SMILES string of the molecule is COCCNC(=O)CNC1=CC(=O)[C@@]2(Oc3c(Cl)c(OC)cc(OC)c3C2=O)[C@H](C)C1. The highest BCUT2D eigenvalue weighted by Gasteiger charge is 2.60. The number of ketones is 2. The van der Waals surface area contributed by atoms with Gasteiger partial charge in [-0.05, 0) is 6.42 Å². The number of methoxy groups -OCH3 is 3. The fourth-order valence-corrected chi connectivity index (χ4v) is 4.07. The Morgan fingerprint density at radius 1 is 1.26 bits per heavy atom. The lowest BCUT2D eigenvalue weighted by Gasteiger charge is -2.35. The Morgan fingerprint density at radius 2 is 1.97 bits per heavy atom. The number of ether oxygens (including phenoxy) is 4. The smallest absolute Gasteiger partial charge is 0.239 e. The molecule has 0 bridgehead atoms. The molecule has 2 atom stereocenters. The quantitative estimate of drug-likeness (QED) is 0.451. The highest BCUT2D eigenvalue weighted by Crippen LogP contribution is 2.52. The van der Waals surface area contributed by atoms with Gasteiger partial charge in [-0.25, -0.2) is 0 Å². The largest absolute Gasteiger partial charge is 0.496 e. The first-order chi connectivity index (χ1) is 14.8. The molecule has 0 unspecified atom stereocenters. The van der Waals surface area contributed by atoms with Crippen LogP contribution in [0.4, 0.5) is 0 Å². The summed E-state index contributed by atoms with van der Waals surface area (Å²) in [5, 5.41) is 5.74. The molecule has 1 aromatic rings. The van der Waals surface area contributed by atoms with Crippen LogP contribution in [-0.4, -0.2) is 64.1 Å². The van der Waals surface area contributed by atoms with Gasteiger partial charge in [-0.2, -0.15) is 0 Å². The lowest BCUT2D eigenvalue weighted by atomic mass is 9.74. The number of hydrogen-bond acceptors (Lipinski definition) is 8. The number of carbonyl (C=O) groups is 3. The first-order valence-electron chi connectivity index (χ1n) is 9.72. The van der Waals surface area contributed by atoms with Crippen LogP contribution in [0.2, 0.25) is 5.02 Å². The molecular formula is C21H25ClN2O7. The molecule has 1 aliphatic heterocycles. The molecule has 0 aromatic heterocycles. The van der Waals surface area contributed by atoms with Crippen LogP contribution >= 0.6 is 11.6 Å². The Labute approximate surface area is 185 Å². The van der Waals surface area contributed by atoms with Crippen molar-refractivity contribution in [2.24, 2.45) is 5.92 Å². The summed E-state index contributed by atoms with van der Waals surface area (Å²) in [4.78, 5) is 38.4. The molecule has 2 N–H and O–H groups in total. The van der Waals surface area contributed by atoms with Crippen molar-refractivity contribution in [3.8, 4) is 17.2 Å². The number of rotatable bonds is 8. The standard InChI is InChI=1S/C21H25ClN2O7/c1-11-7-12(24-10-16(26)23-5-6-28-2)8-15(25)21(11)20(27)17-13(29-3)9-14(30-4)18(22)19(17)31-21/h8-9,11,24H,5-7,10H2,1-4H3,(H,23,26)/t11-,21+/m1/s1. The molecule has 9 nitrogen and oxygen atoms in total. The van der Waals surface area contributed by atoms with Crippen LogP contribution in [0.5, 0.6) is 17.2 Å². The third-order valence-electron chi connectivity index (χ3n) is 5.41. The molecule has 31 heavy (non-hydrogen) atoms. The summed E-state index contributed by atoms with van der Waals surface area (Å²) in [6.07, 6.45) is 1.64. The fraction of sp³-hybridized carbons (Fsp3) is 0.476. The minimum absolute atomic E-state index is 0.00553. The first-order valence-corrected chi connectivity index (χ1v) is 10.1. The summed E-state index contributed by atoms with van der Waals surface area (Å²) >= 11 is 6.36. The van der Waals surface area contributed by atoms with E-state index in [0.717, 1.165) is 0 Å². The molecule has 1 aliphatic carbocycles. The third kappa shape index (κ3) is 3.95. The van der Waals surface area contributed by atoms with Crippen LogP contribution in [0.25, 0.3) is 0 Å². The Balaban J connectivity index is 1.84. The Kier molecular flexibility index (Phi) is 6.76. The summed E-state index contributed by atoms with van der Waals surface area (Å²) in [5.74, 6) is -1.21. The van der Waals surface area contributed by atoms with E-state index in [0.29, 0.717) is 25.3 Å². The summed E-state index contributed by atoms with van der Waals surface area (Å²) in [7, 11) is 4.39. The molecule has 1 heterocycles. The average Bonchev–Trinajstić information content (AvgIpc) is 3.06. The van der Waals surface area contributed by atoms with E-state index in [4.69, 9.17) is 30.5 Å². The number of nitrogens with one attached hydrogen (secondary N) is 2. The summed E-state index contributed by atoms with van der Waals surface area (Å²) in [5.41, 5.74) is -1.07. The molecule has 1 spiro atoms. The first kappa shape index (κ1) is 22.9. The molecule has 2 aliphatic rings. The molecule has 168 valence electrons. The van der Waals surface area contributed by atoms with E-state index in [9.17, 15) is 14.4 Å². The summed E-state index contributed by atoms with van der Waals surface area (Å²) < 4.78 is 21.4. The van der Waals surface area contributed by atoms with E-state index < -0.39 is 23.1 Å². The molecule has 0 fully saturated rings. The van der Waals surface area contributed by atoms with Crippen LogP contribution in [0.3, 0.4) is 0 Å². The van der Waals surface area contributed by atoms with Gasteiger partial charge in [-0.3, -0.25) is 14.4 Å². The normalized spacial score (nSPS) is 22.0. The third-order valence-corrected chi connectivity index (χ3v) is 5.77. The van der Waals surface area contributed by atoms with Crippen LogP contribution in [0.1, 0.15) is 23.7 Å². The van der Waals surface area contributed by atoms with Crippen molar-refractivity contribution in [2.75, 3.05) is 41.0 Å². The van der Waals surface area contributed by atoms with Gasteiger partial charge in [0.2, 0.25) is 23.1 Å². The highest BCUT2D eigenvalue weighted by atomic mass is 35.5.